The summed E-state index contributed by atoms with van der Waals surface area (Å²) in [4.78, 5) is 27.4. The standard InChI is InChI=1S/2C10H9N.2BrH.2NO.W/c2*1-8-6-9-4-2-3-5-10(9)7-11-8;;;2*1-2;/h2*2-7H,1H3;2*1H;;;/q;;;;2*-1;+4/p-2. The molecule has 150 valence electrons. The molecule has 0 N–H and O–H groups in total. The third-order valence-electron chi connectivity index (χ3n) is 3.71. The van der Waals surface area contributed by atoms with Crippen molar-refractivity contribution in [3.8, 4) is 0 Å². The van der Waals surface area contributed by atoms with Crippen LogP contribution in [0.15, 0.2) is 80.5 Å². The van der Waals surface area contributed by atoms with Gasteiger partial charge in [-0.05, 0) is 36.8 Å². The van der Waals surface area contributed by atoms with E-state index in [1.54, 1.807) is 0 Å². The normalized spacial score (nSPS) is 10.9. The number of pyridine rings is 2. The fraction of sp³-hybridized carbons (Fsp3) is 0.100. The molecule has 0 aliphatic carbocycles. The first-order valence-electron chi connectivity index (χ1n) is 8.39. The first-order chi connectivity index (χ1) is 13.8. The molecule has 2 heterocycles. The first kappa shape index (κ1) is 23.4. The SMILES string of the molecule is Cc1cc2ccccc2cn1.Cc1cc2ccccc2cn1.O=[N][W]([Br])([Br])[N]=O. The molecule has 0 bridgehead atoms. The van der Waals surface area contributed by atoms with Crippen molar-refractivity contribution < 1.29 is 12.4 Å². The predicted molar refractivity (Wildman–Crippen MR) is 122 cm³/mol. The van der Waals surface area contributed by atoms with Gasteiger partial charge in [-0.2, -0.15) is 0 Å². The number of nitrogens with zero attached hydrogens (tertiary/aromatic N) is 4. The average molecular weight is 690 g/mol. The van der Waals surface area contributed by atoms with Crippen LogP contribution in [0.5, 0.6) is 0 Å². The van der Waals surface area contributed by atoms with E-state index in [9.17, 15) is 9.81 Å². The molecule has 6 nitrogen and oxygen atoms in total. The van der Waals surface area contributed by atoms with Gasteiger partial charge in [-0.15, -0.1) is 0 Å². The Hall–Kier alpha value is -1.89. The maximum absolute atomic E-state index is 9.51. The second-order valence-electron chi connectivity index (χ2n) is 5.91. The Kier molecular flexibility index (Phi) is 9.14. The summed E-state index contributed by atoms with van der Waals surface area (Å²) in [5.41, 5.74) is 2.15. The molecule has 0 radical (unpaired) electrons. The van der Waals surface area contributed by atoms with E-state index in [1.807, 2.05) is 50.5 Å². The summed E-state index contributed by atoms with van der Waals surface area (Å²) < 4.78 is 4.90. The number of hydrogen-bond acceptors (Lipinski definition) is 6. The molecule has 0 unspecified atom stereocenters. The Morgan fingerprint density at radius 1 is 0.690 bits per heavy atom. The molecule has 0 fully saturated rings. The summed E-state index contributed by atoms with van der Waals surface area (Å²) in [6.07, 6.45) is 3.81. The number of rotatable bonds is 2. The second-order valence-corrected chi connectivity index (χ2v) is 31.9. The number of aryl methyl sites for hydroxylation is 2. The molecule has 4 rings (SSSR count). The summed E-state index contributed by atoms with van der Waals surface area (Å²) in [5, 5.41) is 4.94. The fourth-order valence-electron chi connectivity index (χ4n) is 2.40. The van der Waals surface area contributed by atoms with Crippen LogP contribution in [-0.4, -0.2) is 9.97 Å². The van der Waals surface area contributed by atoms with Gasteiger partial charge >= 0.3 is 56.3 Å². The Morgan fingerprint density at radius 3 is 1.34 bits per heavy atom. The van der Waals surface area contributed by atoms with E-state index >= 15 is 0 Å². The van der Waals surface area contributed by atoms with E-state index in [-0.39, 0.29) is 0 Å². The van der Waals surface area contributed by atoms with Crippen LogP contribution in [0.1, 0.15) is 11.4 Å². The summed E-state index contributed by atoms with van der Waals surface area (Å²) in [5.74, 6) is 0. The molecule has 0 aliphatic rings. The Morgan fingerprint density at radius 2 is 1.03 bits per heavy atom. The Balaban J connectivity index is 0.000000161. The van der Waals surface area contributed by atoms with Gasteiger partial charge in [0.1, 0.15) is 0 Å². The van der Waals surface area contributed by atoms with Crippen molar-refractivity contribution in [2.75, 3.05) is 0 Å². The maximum atomic E-state index is 9.51. The zero-order valence-corrected chi connectivity index (χ0v) is 21.8. The Labute approximate surface area is 185 Å². The van der Waals surface area contributed by atoms with Crippen molar-refractivity contribution in [3.63, 3.8) is 0 Å². The van der Waals surface area contributed by atoms with Gasteiger partial charge in [0.15, 0.2) is 0 Å². The number of benzene rings is 2. The molecular weight excluding hydrogens is 672 g/mol. The van der Waals surface area contributed by atoms with Gasteiger partial charge in [-0.3, -0.25) is 9.97 Å². The zero-order valence-electron chi connectivity index (χ0n) is 15.7. The summed E-state index contributed by atoms with van der Waals surface area (Å²) in [6, 6.07) is 20.7. The van der Waals surface area contributed by atoms with E-state index in [0.717, 1.165) is 11.4 Å². The molecule has 0 saturated heterocycles. The van der Waals surface area contributed by atoms with Gasteiger partial charge < -0.3 is 0 Å². The van der Waals surface area contributed by atoms with E-state index in [2.05, 4.69) is 80.4 Å². The van der Waals surface area contributed by atoms with E-state index < -0.39 is 12.4 Å². The third-order valence-corrected chi connectivity index (χ3v) is 8.87. The Bertz CT molecular complexity index is 1040. The number of halogens is 2. The molecule has 2 aromatic carbocycles. The van der Waals surface area contributed by atoms with Gasteiger partial charge in [0.25, 0.3) is 0 Å². The first-order valence-corrected chi connectivity index (χ1v) is 23.8. The van der Waals surface area contributed by atoms with Gasteiger partial charge in [0.2, 0.25) is 0 Å². The quantitative estimate of drug-likeness (QED) is 0.208. The minimum atomic E-state index is -3.50. The van der Waals surface area contributed by atoms with Crippen molar-refractivity contribution in [1.82, 2.24) is 9.97 Å². The summed E-state index contributed by atoms with van der Waals surface area (Å²) >= 11 is 1.99. The molecular formula is C20H18Br2N4O2W. The predicted octanol–water partition coefficient (Wildman–Crippen LogP) is 7.21. The van der Waals surface area contributed by atoms with Crippen molar-refractivity contribution in [2.24, 2.45) is 7.47 Å². The molecule has 0 atom stereocenters. The second kappa shape index (κ2) is 11.3. The van der Waals surface area contributed by atoms with Crippen LogP contribution in [0.3, 0.4) is 0 Å². The molecule has 0 aliphatic heterocycles. The number of aromatic nitrogens is 2. The summed E-state index contributed by atoms with van der Waals surface area (Å²) in [7, 11) is 0. The van der Waals surface area contributed by atoms with E-state index in [0.29, 0.717) is 0 Å². The van der Waals surface area contributed by atoms with Crippen molar-refractivity contribution in [1.29, 1.82) is 0 Å². The van der Waals surface area contributed by atoms with Gasteiger partial charge in [0.05, 0.1) is 0 Å². The van der Waals surface area contributed by atoms with Crippen molar-refractivity contribution in [3.05, 3.63) is 94.3 Å². The van der Waals surface area contributed by atoms with Crippen LogP contribution in [0.25, 0.3) is 21.5 Å². The fourth-order valence-corrected chi connectivity index (χ4v) is 2.50. The molecule has 4 aromatic rings. The average Bonchev–Trinajstić information content (AvgIpc) is 2.74. The minimum absolute atomic E-state index is 1.07. The molecule has 0 amide bonds. The van der Waals surface area contributed by atoms with E-state index in [4.69, 9.17) is 0 Å². The van der Waals surface area contributed by atoms with Crippen molar-refractivity contribution >= 4 is 48.1 Å². The topological polar surface area (TPSA) is 84.6 Å². The molecule has 2 aromatic heterocycles. The number of nitroso groups, excluding NO2 is 2. The van der Waals surface area contributed by atoms with Crippen LogP contribution < -0.4 is 0 Å². The van der Waals surface area contributed by atoms with Crippen LogP contribution in [0.4, 0.5) is 0 Å². The van der Waals surface area contributed by atoms with Crippen LogP contribution in [0, 0.1) is 23.7 Å². The monoisotopic (exact) mass is 688 g/mol. The molecule has 0 saturated carbocycles. The van der Waals surface area contributed by atoms with Gasteiger partial charge in [-0.1, -0.05) is 48.5 Å². The summed E-state index contributed by atoms with van der Waals surface area (Å²) in [6.45, 7) is 4.01. The van der Waals surface area contributed by atoms with Crippen LogP contribution in [-0.2, 0) is 12.4 Å². The van der Waals surface area contributed by atoms with Gasteiger partial charge in [-0.25, -0.2) is 0 Å². The molecule has 0 spiro atoms. The zero-order chi connectivity index (χ0) is 21.3. The van der Waals surface area contributed by atoms with Crippen molar-refractivity contribution in [2.45, 2.75) is 13.8 Å². The number of fused-ring (bicyclic) bond motifs is 2. The van der Waals surface area contributed by atoms with E-state index in [1.165, 1.54) is 21.5 Å². The van der Waals surface area contributed by atoms with Gasteiger partial charge in [0, 0.05) is 34.6 Å². The number of hydrogen-bond donors (Lipinski definition) is 0. The van der Waals surface area contributed by atoms with Crippen LogP contribution >= 0.6 is 26.6 Å². The third kappa shape index (κ3) is 7.80. The van der Waals surface area contributed by atoms with Crippen LogP contribution in [0.2, 0.25) is 0 Å². The molecule has 9 heteroatoms. The molecule has 29 heavy (non-hydrogen) atoms.